The summed E-state index contributed by atoms with van der Waals surface area (Å²) in [4.78, 5) is 2.72. The fraction of sp³-hybridized carbons (Fsp3) is 0.667. The predicted molar refractivity (Wildman–Crippen MR) is 84.8 cm³/mol. The molecule has 2 heteroatoms. The van der Waals surface area contributed by atoms with Crippen LogP contribution in [-0.4, -0.2) is 30.1 Å². The van der Waals surface area contributed by atoms with E-state index in [1.165, 1.54) is 43.5 Å². The topological polar surface area (TPSA) is 29.3 Å². The Morgan fingerprint density at radius 1 is 1.30 bits per heavy atom. The number of nitrogens with zero attached hydrogens (tertiary/aromatic N) is 1. The van der Waals surface area contributed by atoms with E-state index in [9.17, 15) is 0 Å². The van der Waals surface area contributed by atoms with E-state index in [0.29, 0.717) is 0 Å². The van der Waals surface area contributed by atoms with Crippen LogP contribution in [0.25, 0.3) is 0 Å². The van der Waals surface area contributed by atoms with Gasteiger partial charge in [0.1, 0.15) is 0 Å². The zero-order chi connectivity index (χ0) is 14.2. The molecule has 3 rings (SSSR count). The van der Waals surface area contributed by atoms with E-state index in [4.69, 9.17) is 5.73 Å². The Morgan fingerprint density at radius 2 is 2.05 bits per heavy atom. The van der Waals surface area contributed by atoms with Gasteiger partial charge in [0.15, 0.2) is 0 Å². The van der Waals surface area contributed by atoms with Crippen LogP contribution in [0.15, 0.2) is 24.3 Å². The van der Waals surface area contributed by atoms with Gasteiger partial charge < -0.3 is 5.73 Å². The fourth-order valence-corrected chi connectivity index (χ4v) is 4.12. The highest BCUT2D eigenvalue weighted by atomic mass is 15.2. The average Bonchev–Trinajstić information content (AvgIpc) is 2.97. The Labute approximate surface area is 123 Å². The summed E-state index contributed by atoms with van der Waals surface area (Å²) in [5.41, 5.74) is 9.54. The SMILES string of the molecule is CC(C)C1CCN(C2(CN)CCc3ccccc3C2)C1. The maximum absolute atomic E-state index is 6.26. The maximum Gasteiger partial charge on any atom is 0.0375 e. The van der Waals surface area contributed by atoms with E-state index in [0.717, 1.165) is 24.8 Å². The van der Waals surface area contributed by atoms with E-state index in [2.05, 4.69) is 43.0 Å². The molecule has 2 atom stereocenters. The third-order valence-corrected chi connectivity index (χ3v) is 5.72. The van der Waals surface area contributed by atoms with Crippen LogP contribution in [0, 0.1) is 11.8 Å². The smallest absolute Gasteiger partial charge is 0.0375 e. The van der Waals surface area contributed by atoms with E-state index >= 15 is 0 Å². The van der Waals surface area contributed by atoms with Gasteiger partial charge in [0, 0.05) is 18.6 Å². The minimum atomic E-state index is 0.220. The molecule has 0 amide bonds. The van der Waals surface area contributed by atoms with Crippen LogP contribution in [0.3, 0.4) is 0 Å². The molecular weight excluding hydrogens is 244 g/mol. The van der Waals surface area contributed by atoms with Crippen molar-refractivity contribution >= 4 is 0 Å². The molecule has 2 nitrogen and oxygen atoms in total. The van der Waals surface area contributed by atoms with Gasteiger partial charge in [0.05, 0.1) is 0 Å². The quantitative estimate of drug-likeness (QED) is 0.917. The number of hydrogen-bond acceptors (Lipinski definition) is 2. The zero-order valence-corrected chi connectivity index (χ0v) is 12.9. The Hall–Kier alpha value is -0.860. The summed E-state index contributed by atoms with van der Waals surface area (Å²) >= 11 is 0. The molecule has 1 heterocycles. The summed E-state index contributed by atoms with van der Waals surface area (Å²) < 4.78 is 0. The molecule has 1 aliphatic carbocycles. The van der Waals surface area contributed by atoms with Crippen LogP contribution in [0.5, 0.6) is 0 Å². The second-order valence-electron chi connectivity index (χ2n) is 7.11. The Kier molecular flexibility index (Phi) is 3.87. The average molecular weight is 272 g/mol. The number of likely N-dealkylation sites (tertiary alicyclic amines) is 1. The summed E-state index contributed by atoms with van der Waals surface area (Å²) in [6, 6.07) is 8.93. The summed E-state index contributed by atoms with van der Waals surface area (Å²) in [5, 5.41) is 0. The lowest BCUT2D eigenvalue weighted by molar-refractivity contribution is 0.0993. The van der Waals surface area contributed by atoms with Gasteiger partial charge in [-0.25, -0.2) is 0 Å². The van der Waals surface area contributed by atoms with Crippen LogP contribution in [-0.2, 0) is 12.8 Å². The number of hydrogen-bond donors (Lipinski definition) is 1. The molecule has 0 saturated carbocycles. The number of fused-ring (bicyclic) bond motifs is 1. The predicted octanol–water partition coefficient (Wildman–Crippen LogP) is 2.85. The molecule has 1 aliphatic heterocycles. The first kappa shape index (κ1) is 14.1. The summed E-state index contributed by atoms with van der Waals surface area (Å²) in [5.74, 6) is 1.65. The van der Waals surface area contributed by atoms with Gasteiger partial charge in [-0.3, -0.25) is 4.90 Å². The first-order chi connectivity index (χ1) is 9.64. The monoisotopic (exact) mass is 272 g/mol. The minimum Gasteiger partial charge on any atom is -0.329 e. The lowest BCUT2D eigenvalue weighted by Crippen LogP contribution is -2.56. The van der Waals surface area contributed by atoms with Crippen LogP contribution in [0.4, 0.5) is 0 Å². The molecule has 1 saturated heterocycles. The third-order valence-electron chi connectivity index (χ3n) is 5.72. The molecule has 1 fully saturated rings. The number of nitrogens with two attached hydrogens (primary N) is 1. The molecule has 2 unspecified atom stereocenters. The Balaban J connectivity index is 1.80. The summed E-state index contributed by atoms with van der Waals surface area (Å²) in [6.07, 6.45) is 4.91. The molecule has 0 radical (unpaired) electrons. The second-order valence-corrected chi connectivity index (χ2v) is 7.11. The van der Waals surface area contributed by atoms with Crippen molar-refractivity contribution in [2.45, 2.75) is 45.1 Å². The molecular formula is C18H28N2. The van der Waals surface area contributed by atoms with Gasteiger partial charge in [0.2, 0.25) is 0 Å². The first-order valence-electron chi connectivity index (χ1n) is 8.16. The van der Waals surface area contributed by atoms with Gasteiger partial charge in [-0.1, -0.05) is 38.1 Å². The van der Waals surface area contributed by atoms with E-state index in [1.807, 2.05) is 0 Å². The Bertz CT molecular complexity index is 468. The molecule has 2 aliphatic rings. The van der Waals surface area contributed by atoms with Crippen molar-refractivity contribution in [3.8, 4) is 0 Å². The fourth-order valence-electron chi connectivity index (χ4n) is 4.12. The van der Waals surface area contributed by atoms with E-state index < -0.39 is 0 Å². The van der Waals surface area contributed by atoms with Crippen LogP contribution in [0.1, 0.15) is 37.8 Å². The maximum atomic E-state index is 6.26. The molecule has 20 heavy (non-hydrogen) atoms. The molecule has 0 spiro atoms. The summed E-state index contributed by atoms with van der Waals surface area (Å²) in [7, 11) is 0. The minimum absolute atomic E-state index is 0.220. The van der Waals surface area contributed by atoms with Crippen molar-refractivity contribution in [2.24, 2.45) is 17.6 Å². The van der Waals surface area contributed by atoms with Crippen molar-refractivity contribution < 1.29 is 0 Å². The normalized spacial score (nSPS) is 30.7. The van der Waals surface area contributed by atoms with Crippen molar-refractivity contribution in [1.82, 2.24) is 4.90 Å². The zero-order valence-electron chi connectivity index (χ0n) is 12.9. The molecule has 0 aromatic heterocycles. The molecule has 1 aromatic rings. The number of aryl methyl sites for hydroxylation is 1. The summed E-state index contributed by atoms with van der Waals surface area (Å²) in [6.45, 7) is 8.00. The van der Waals surface area contributed by atoms with Crippen molar-refractivity contribution in [3.05, 3.63) is 35.4 Å². The van der Waals surface area contributed by atoms with Crippen molar-refractivity contribution in [2.75, 3.05) is 19.6 Å². The van der Waals surface area contributed by atoms with E-state index in [1.54, 1.807) is 0 Å². The first-order valence-corrected chi connectivity index (χ1v) is 8.16. The molecule has 110 valence electrons. The highest BCUT2D eigenvalue weighted by molar-refractivity contribution is 5.32. The third kappa shape index (κ3) is 2.40. The standard InChI is InChI=1S/C18H28N2/c1-14(2)17-8-10-20(12-17)18(13-19)9-7-15-5-3-4-6-16(15)11-18/h3-6,14,17H,7-13,19H2,1-2H3. The lowest BCUT2D eigenvalue weighted by Gasteiger charge is -2.45. The van der Waals surface area contributed by atoms with Crippen LogP contribution >= 0.6 is 0 Å². The van der Waals surface area contributed by atoms with Gasteiger partial charge in [0.25, 0.3) is 0 Å². The van der Waals surface area contributed by atoms with Gasteiger partial charge in [-0.15, -0.1) is 0 Å². The van der Waals surface area contributed by atoms with Gasteiger partial charge in [-0.2, -0.15) is 0 Å². The lowest BCUT2D eigenvalue weighted by atomic mass is 9.77. The second kappa shape index (κ2) is 5.50. The van der Waals surface area contributed by atoms with E-state index in [-0.39, 0.29) is 5.54 Å². The van der Waals surface area contributed by atoms with Crippen molar-refractivity contribution in [1.29, 1.82) is 0 Å². The van der Waals surface area contributed by atoms with Gasteiger partial charge >= 0.3 is 0 Å². The van der Waals surface area contributed by atoms with Gasteiger partial charge in [-0.05, 0) is 55.2 Å². The highest BCUT2D eigenvalue weighted by Gasteiger charge is 2.42. The van der Waals surface area contributed by atoms with Crippen molar-refractivity contribution in [3.63, 3.8) is 0 Å². The molecule has 2 N–H and O–H groups in total. The molecule has 0 bridgehead atoms. The molecule has 1 aromatic carbocycles. The number of benzene rings is 1. The van der Waals surface area contributed by atoms with Crippen LogP contribution < -0.4 is 5.73 Å². The number of rotatable bonds is 3. The largest absolute Gasteiger partial charge is 0.329 e. The Morgan fingerprint density at radius 3 is 2.70 bits per heavy atom. The highest BCUT2D eigenvalue weighted by Crippen LogP contribution is 2.37. The van der Waals surface area contributed by atoms with Crippen LogP contribution in [0.2, 0.25) is 0 Å².